The van der Waals surface area contributed by atoms with E-state index < -0.39 is 10.0 Å². The van der Waals surface area contributed by atoms with Crippen LogP contribution in [-0.2, 0) is 14.8 Å². The average molecular weight is 518 g/mol. The van der Waals surface area contributed by atoms with Crippen molar-refractivity contribution in [1.82, 2.24) is 4.83 Å². The van der Waals surface area contributed by atoms with E-state index in [0.29, 0.717) is 33.5 Å². The van der Waals surface area contributed by atoms with Crippen LogP contribution in [0.2, 0.25) is 5.02 Å². The molecule has 3 rings (SSSR count). The van der Waals surface area contributed by atoms with Gasteiger partial charge in [-0.05, 0) is 61.0 Å². The third-order valence-electron chi connectivity index (χ3n) is 4.76. The molecule has 3 aromatic carbocycles. The molecule has 0 spiro atoms. The highest BCUT2D eigenvalue weighted by atomic mass is 35.5. The van der Waals surface area contributed by atoms with Crippen molar-refractivity contribution in [2.45, 2.75) is 11.8 Å². The minimum Gasteiger partial charge on any atom is -0.497 e. The molecule has 0 heterocycles. The highest BCUT2D eigenvalue weighted by Crippen LogP contribution is 2.28. The van der Waals surface area contributed by atoms with Gasteiger partial charge in [0.15, 0.2) is 6.61 Å². The van der Waals surface area contributed by atoms with Crippen LogP contribution in [-0.4, -0.2) is 40.9 Å². The van der Waals surface area contributed by atoms with Crippen molar-refractivity contribution in [3.05, 3.63) is 77.3 Å². The number of halogens is 1. The van der Waals surface area contributed by atoms with Crippen molar-refractivity contribution in [3.63, 3.8) is 0 Å². The van der Waals surface area contributed by atoms with Crippen LogP contribution in [0.15, 0.2) is 76.7 Å². The molecule has 0 aliphatic carbocycles. The number of benzene rings is 3. The quantitative estimate of drug-likeness (QED) is 0.309. The van der Waals surface area contributed by atoms with Gasteiger partial charge in [-0.25, -0.2) is 0 Å². The first kappa shape index (κ1) is 25.9. The molecule has 0 saturated carbocycles. The van der Waals surface area contributed by atoms with Gasteiger partial charge in [0.1, 0.15) is 22.1 Å². The van der Waals surface area contributed by atoms with Gasteiger partial charge in [-0.3, -0.25) is 4.79 Å². The molecule has 0 unspecified atom stereocenters. The van der Waals surface area contributed by atoms with E-state index in [0.717, 1.165) is 0 Å². The number of anilines is 1. The van der Waals surface area contributed by atoms with Crippen LogP contribution in [0.3, 0.4) is 0 Å². The molecule has 0 bridgehead atoms. The predicted molar refractivity (Wildman–Crippen MR) is 134 cm³/mol. The van der Waals surface area contributed by atoms with Gasteiger partial charge >= 0.3 is 0 Å². The van der Waals surface area contributed by atoms with Crippen molar-refractivity contribution in [2.24, 2.45) is 5.10 Å². The number of rotatable bonds is 10. The van der Waals surface area contributed by atoms with Crippen LogP contribution in [0, 0.1) is 0 Å². The second-order valence-electron chi connectivity index (χ2n) is 7.18. The number of nitrogens with zero attached hydrogens (tertiary/aromatic N) is 1. The Bertz CT molecular complexity index is 1310. The Labute approximate surface area is 208 Å². The van der Waals surface area contributed by atoms with E-state index >= 15 is 0 Å². The van der Waals surface area contributed by atoms with Crippen molar-refractivity contribution in [1.29, 1.82) is 0 Å². The largest absolute Gasteiger partial charge is 0.497 e. The molecule has 35 heavy (non-hydrogen) atoms. The summed E-state index contributed by atoms with van der Waals surface area (Å²) in [5, 5.41) is 7.30. The Hall–Kier alpha value is -3.76. The number of ether oxygens (including phenoxy) is 3. The Balaban J connectivity index is 1.60. The van der Waals surface area contributed by atoms with Gasteiger partial charge in [0.2, 0.25) is 0 Å². The normalized spacial score (nSPS) is 11.5. The molecule has 0 aromatic heterocycles. The molecule has 0 atom stereocenters. The van der Waals surface area contributed by atoms with Crippen LogP contribution in [0.1, 0.15) is 12.5 Å². The fourth-order valence-electron chi connectivity index (χ4n) is 2.91. The number of hydrogen-bond donors (Lipinski definition) is 2. The monoisotopic (exact) mass is 517 g/mol. The zero-order valence-electron chi connectivity index (χ0n) is 19.2. The molecule has 0 saturated heterocycles. The van der Waals surface area contributed by atoms with E-state index in [4.69, 9.17) is 25.8 Å². The molecule has 1 amide bonds. The van der Waals surface area contributed by atoms with Crippen LogP contribution in [0.5, 0.6) is 17.2 Å². The molecule has 9 nitrogen and oxygen atoms in total. The first-order chi connectivity index (χ1) is 16.7. The smallest absolute Gasteiger partial charge is 0.280 e. The SMILES string of the molecule is COc1ccc(S(=O)(=O)N/N=C(/C)c2ccc(NC(=O)COc3ccc(Cl)cc3)cc2)c(OC)c1. The van der Waals surface area contributed by atoms with Gasteiger partial charge in [0.25, 0.3) is 15.9 Å². The molecule has 11 heteroatoms. The Morgan fingerprint density at radius 3 is 2.23 bits per heavy atom. The third kappa shape index (κ3) is 7.11. The molecule has 184 valence electrons. The van der Waals surface area contributed by atoms with Crippen LogP contribution in [0.25, 0.3) is 0 Å². The highest BCUT2D eigenvalue weighted by molar-refractivity contribution is 7.89. The summed E-state index contributed by atoms with van der Waals surface area (Å²) < 4.78 is 41.1. The Morgan fingerprint density at radius 1 is 0.943 bits per heavy atom. The molecule has 3 aromatic rings. The van der Waals surface area contributed by atoms with Crippen LogP contribution < -0.4 is 24.4 Å². The summed E-state index contributed by atoms with van der Waals surface area (Å²) >= 11 is 5.82. The number of methoxy groups -OCH3 is 2. The summed E-state index contributed by atoms with van der Waals surface area (Å²) in [4.78, 5) is 14.3. The molecule has 0 radical (unpaired) electrons. The Morgan fingerprint density at radius 2 is 1.60 bits per heavy atom. The van der Waals surface area contributed by atoms with Crippen LogP contribution >= 0.6 is 11.6 Å². The maximum atomic E-state index is 12.7. The van der Waals surface area contributed by atoms with Crippen molar-refractivity contribution < 1.29 is 27.4 Å². The molecular weight excluding hydrogens is 494 g/mol. The summed E-state index contributed by atoms with van der Waals surface area (Å²) in [6.45, 7) is 1.49. The van der Waals surface area contributed by atoms with Crippen molar-refractivity contribution in [3.8, 4) is 17.2 Å². The number of carbonyl (C=O) groups excluding carboxylic acids is 1. The maximum absolute atomic E-state index is 12.7. The average Bonchev–Trinajstić information content (AvgIpc) is 2.87. The minimum atomic E-state index is -3.98. The summed E-state index contributed by atoms with van der Waals surface area (Å²) in [6, 6.07) is 17.8. The number of carbonyl (C=O) groups is 1. The lowest BCUT2D eigenvalue weighted by Gasteiger charge is -2.11. The topological polar surface area (TPSA) is 115 Å². The molecule has 0 aliphatic rings. The fourth-order valence-corrected chi connectivity index (χ4v) is 4.05. The second-order valence-corrected chi connectivity index (χ2v) is 9.24. The molecule has 0 aliphatic heterocycles. The zero-order valence-corrected chi connectivity index (χ0v) is 20.8. The summed E-state index contributed by atoms with van der Waals surface area (Å²) in [7, 11) is -1.14. The highest BCUT2D eigenvalue weighted by Gasteiger charge is 2.20. The molecule has 0 fully saturated rings. The van der Waals surface area contributed by atoms with Gasteiger partial charge in [-0.1, -0.05) is 23.7 Å². The molecular formula is C24H24ClN3O6S. The van der Waals surface area contributed by atoms with E-state index in [1.807, 2.05) is 0 Å². The lowest BCUT2D eigenvalue weighted by Crippen LogP contribution is -2.21. The predicted octanol–water partition coefficient (Wildman–Crippen LogP) is 4.08. The molecule has 2 N–H and O–H groups in total. The Kier molecular flexibility index (Phi) is 8.56. The van der Waals surface area contributed by atoms with E-state index in [-0.39, 0.29) is 23.2 Å². The number of sulfonamides is 1. The summed E-state index contributed by atoms with van der Waals surface area (Å²) in [5.41, 5.74) is 1.63. The third-order valence-corrected chi connectivity index (χ3v) is 6.26. The van der Waals surface area contributed by atoms with Gasteiger partial charge in [-0.2, -0.15) is 18.4 Å². The lowest BCUT2D eigenvalue weighted by atomic mass is 10.1. The van der Waals surface area contributed by atoms with Crippen LogP contribution in [0.4, 0.5) is 5.69 Å². The van der Waals surface area contributed by atoms with Gasteiger partial charge < -0.3 is 19.5 Å². The summed E-state index contributed by atoms with van der Waals surface area (Å²) in [6.07, 6.45) is 0. The zero-order chi connectivity index (χ0) is 25.4. The number of hydrazone groups is 1. The van der Waals surface area contributed by atoms with Gasteiger partial charge in [0.05, 0.1) is 19.9 Å². The fraction of sp³-hybridized carbons (Fsp3) is 0.167. The van der Waals surface area contributed by atoms with E-state index in [1.54, 1.807) is 55.5 Å². The minimum absolute atomic E-state index is 0.0729. The number of hydrogen-bond acceptors (Lipinski definition) is 7. The van der Waals surface area contributed by atoms with E-state index in [9.17, 15) is 13.2 Å². The van der Waals surface area contributed by atoms with Crippen molar-refractivity contribution in [2.75, 3.05) is 26.1 Å². The standard InChI is InChI=1S/C24H24ClN3O6S/c1-16(27-28-35(30,31)23-13-12-21(32-2)14-22(23)33-3)17-4-8-19(9-5-17)26-24(29)15-34-20-10-6-18(25)7-11-20/h4-14,28H,15H2,1-3H3,(H,26,29)/b27-16-. The first-order valence-corrected chi connectivity index (χ1v) is 12.1. The number of nitrogens with one attached hydrogen (secondary N) is 2. The summed E-state index contributed by atoms with van der Waals surface area (Å²) in [5.74, 6) is 0.787. The number of amides is 1. The van der Waals surface area contributed by atoms with Gasteiger partial charge in [-0.15, -0.1) is 0 Å². The lowest BCUT2D eigenvalue weighted by molar-refractivity contribution is -0.118. The maximum Gasteiger partial charge on any atom is 0.280 e. The first-order valence-electron chi connectivity index (χ1n) is 10.3. The van der Waals surface area contributed by atoms with E-state index in [1.165, 1.54) is 32.4 Å². The van der Waals surface area contributed by atoms with Crippen molar-refractivity contribution >= 4 is 38.9 Å². The van der Waals surface area contributed by atoms with E-state index in [2.05, 4.69) is 15.2 Å². The van der Waals surface area contributed by atoms with Gasteiger partial charge in [0, 0.05) is 16.8 Å². The second kappa shape index (κ2) is 11.6.